The Hall–Kier alpha value is -0.953. The topological polar surface area (TPSA) is 43.8 Å². The van der Waals surface area contributed by atoms with Crippen LogP contribution in [-0.4, -0.2) is 67.6 Å². The molecule has 1 N–H and O–H groups in total. The maximum absolute atomic E-state index is 10.6. The van der Waals surface area contributed by atoms with Crippen molar-refractivity contribution in [1.82, 2.24) is 4.90 Å². The normalized spacial score (nSPS) is 16.4. The molecule has 0 radical (unpaired) electrons. The molecule has 2 rings (SSSR count). The molecule has 1 heterocycles. The van der Waals surface area contributed by atoms with Crippen molar-refractivity contribution in [3.63, 3.8) is 0 Å². The van der Waals surface area contributed by atoms with Gasteiger partial charge < -0.3 is 14.9 Å². The average Bonchev–Trinajstić information content (AvgIpc) is 2.72. The Morgan fingerprint density at radius 3 is 2.33 bits per heavy atom. The number of nitrogens with zero attached hydrogens (tertiary/aromatic N) is 2. The minimum absolute atomic E-state index is 0. The number of carboxylic acid groups (broad SMARTS) is 1. The Bertz CT molecular complexity index is 511. The van der Waals surface area contributed by atoms with Crippen LogP contribution in [0.3, 0.4) is 0 Å². The summed E-state index contributed by atoms with van der Waals surface area (Å²) in [7, 11) is 0. The molecule has 24 heavy (non-hydrogen) atoms. The zero-order valence-corrected chi connectivity index (χ0v) is 14.7. The van der Waals surface area contributed by atoms with Gasteiger partial charge in [0.1, 0.15) is 0 Å². The summed E-state index contributed by atoms with van der Waals surface area (Å²) in [5.74, 6) is -0.694. The van der Waals surface area contributed by atoms with E-state index >= 15 is 0 Å². The van der Waals surface area contributed by atoms with Gasteiger partial charge in [-0.2, -0.15) is 0 Å². The predicted octanol–water partition coefficient (Wildman–Crippen LogP) is 2.71. The molecule has 0 spiro atoms. The number of carboxylic acids is 1. The van der Waals surface area contributed by atoms with E-state index in [1.807, 2.05) is 0 Å². The number of anilines is 1. The van der Waals surface area contributed by atoms with Crippen molar-refractivity contribution in [3.05, 3.63) is 29.8 Å². The van der Waals surface area contributed by atoms with E-state index in [1.54, 1.807) is 0 Å². The Kier molecular flexibility index (Phi) is 8.36. The van der Waals surface area contributed by atoms with E-state index in [1.165, 1.54) is 11.3 Å². The first-order valence-corrected chi connectivity index (χ1v) is 8.66. The summed E-state index contributed by atoms with van der Waals surface area (Å²) in [6.45, 7) is 11.8. The third-order valence-corrected chi connectivity index (χ3v) is 4.55. The molecule has 4 nitrogen and oxygen atoms in total. The van der Waals surface area contributed by atoms with Crippen molar-refractivity contribution in [2.75, 3.05) is 37.6 Å². The van der Waals surface area contributed by atoms with Gasteiger partial charge >= 0.3 is 24.8 Å². The van der Waals surface area contributed by atoms with Gasteiger partial charge in [0.15, 0.2) is 0 Å². The van der Waals surface area contributed by atoms with Crippen molar-refractivity contribution in [1.29, 1.82) is 0 Å². The Morgan fingerprint density at radius 2 is 1.75 bits per heavy atom. The van der Waals surface area contributed by atoms with Gasteiger partial charge in [0.25, 0.3) is 0 Å². The second kappa shape index (κ2) is 9.51. The summed E-state index contributed by atoms with van der Waals surface area (Å²) in [6.07, 6.45) is 2.15. The van der Waals surface area contributed by atoms with E-state index in [0.717, 1.165) is 45.6 Å². The molecule has 0 saturated carbocycles. The molecule has 0 aromatic heterocycles. The van der Waals surface area contributed by atoms with Crippen molar-refractivity contribution in [2.24, 2.45) is 0 Å². The second-order valence-corrected chi connectivity index (χ2v) is 7.48. The molecule has 0 atom stereocenters. The molecule has 1 aromatic carbocycles. The Labute approximate surface area is 158 Å². The quantitative estimate of drug-likeness (QED) is 0.845. The summed E-state index contributed by atoms with van der Waals surface area (Å²) in [4.78, 5) is 15.5. The molecule has 1 fully saturated rings. The van der Waals surface area contributed by atoms with Gasteiger partial charge in [-0.05, 0) is 49.0 Å². The first-order valence-electron chi connectivity index (χ1n) is 8.66. The van der Waals surface area contributed by atoms with Crippen LogP contribution in [0.2, 0.25) is 0 Å². The molecule has 130 valence electrons. The standard InChI is InChI=1S/C19H30N2O2.Li.H/c1-19(2,3)16-7-9-17(10-8-16)21-13-5-12-20(14-15-21)11-4-6-18(22)23;;/h7-10H,4-6,11-15H2,1-3H3,(H,22,23);;. The van der Waals surface area contributed by atoms with Crippen LogP contribution in [0.4, 0.5) is 5.69 Å². The average molecular weight is 326 g/mol. The molecule has 5 heteroatoms. The molecular weight excluding hydrogens is 295 g/mol. The van der Waals surface area contributed by atoms with Crippen LogP contribution >= 0.6 is 0 Å². The molecule has 0 unspecified atom stereocenters. The SMILES string of the molecule is CC(C)(C)c1ccc(N2CCCN(CCCC(=O)O)CC2)cc1.[LiH]. The van der Waals surface area contributed by atoms with E-state index in [2.05, 4.69) is 54.8 Å². The van der Waals surface area contributed by atoms with E-state index < -0.39 is 5.97 Å². The monoisotopic (exact) mass is 326 g/mol. The van der Waals surface area contributed by atoms with Crippen LogP contribution in [0.25, 0.3) is 0 Å². The van der Waals surface area contributed by atoms with Crippen LogP contribution in [0.1, 0.15) is 45.6 Å². The van der Waals surface area contributed by atoms with Gasteiger partial charge in [-0.25, -0.2) is 0 Å². The number of aliphatic carboxylic acids is 1. The van der Waals surface area contributed by atoms with Gasteiger partial charge in [-0.15, -0.1) is 0 Å². The molecular formula is C19H31LiN2O2. The third-order valence-electron chi connectivity index (χ3n) is 4.55. The van der Waals surface area contributed by atoms with Crippen LogP contribution in [-0.2, 0) is 10.2 Å². The maximum atomic E-state index is 10.6. The van der Waals surface area contributed by atoms with Crippen LogP contribution in [0, 0.1) is 0 Å². The van der Waals surface area contributed by atoms with Crippen molar-refractivity contribution >= 4 is 30.5 Å². The van der Waals surface area contributed by atoms with E-state index in [4.69, 9.17) is 5.11 Å². The predicted molar refractivity (Wildman–Crippen MR) is 102 cm³/mol. The minimum atomic E-state index is -0.694. The molecule has 0 bridgehead atoms. The van der Waals surface area contributed by atoms with Crippen molar-refractivity contribution < 1.29 is 9.90 Å². The second-order valence-electron chi connectivity index (χ2n) is 7.48. The molecule has 0 amide bonds. The Balaban J connectivity index is 0.00000288. The number of carbonyl (C=O) groups is 1. The summed E-state index contributed by atoms with van der Waals surface area (Å²) < 4.78 is 0. The van der Waals surface area contributed by atoms with Crippen LogP contribution < -0.4 is 4.90 Å². The zero-order valence-electron chi connectivity index (χ0n) is 14.7. The molecule has 1 saturated heterocycles. The summed E-state index contributed by atoms with van der Waals surface area (Å²) >= 11 is 0. The van der Waals surface area contributed by atoms with Crippen LogP contribution in [0.15, 0.2) is 24.3 Å². The van der Waals surface area contributed by atoms with Crippen LogP contribution in [0.5, 0.6) is 0 Å². The molecule has 0 aliphatic carbocycles. The first-order chi connectivity index (χ1) is 10.9. The number of rotatable bonds is 5. The zero-order chi connectivity index (χ0) is 16.9. The van der Waals surface area contributed by atoms with Gasteiger partial charge in [0.05, 0.1) is 0 Å². The van der Waals surface area contributed by atoms with Crippen molar-refractivity contribution in [2.45, 2.75) is 45.4 Å². The molecule has 1 aliphatic heterocycles. The summed E-state index contributed by atoms with van der Waals surface area (Å²) in [5, 5.41) is 8.74. The third kappa shape index (κ3) is 6.51. The van der Waals surface area contributed by atoms with Gasteiger partial charge in [0, 0.05) is 31.7 Å². The first kappa shape index (κ1) is 21.1. The molecule has 1 aromatic rings. The van der Waals surface area contributed by atoms with Gasteiger partial charge in [-0.1, -0.05) is 32.9 Å². The van der Waals surface area contributed by atoms with E-state index in [0.29, 0.717) is 0 Å². The van der Waals surface area contributed by atoms with Gasteiger partial charge in [0.2, 0.25) is 0 Å². The number of hydrogen-bond donors (Lipinski definition) is 1. The summed E-state index contributed by atoms with van der Waals surface area (Å²) in [6, 6.07) is 8.96. The Morgan fingerprint density at radius 1 is 1.08 bits per heavy atom. The fourth-order valence-electron chi connectivity index (χ4n) is 3.08. The number of benzene rings is 1. The van der Waals surface area contributed by atoms with E-state index in [9.17, 15) is 4.79 Å². The van der Waals surface area contributed by atoms with E-state index in [-0.39, 0.29) is 30.7 Å². The summed E-state index contributed by atoms with van der Waals surface area (Å²) in [5.41, 5.74) is 2.86. The molecule has 1 aliphatic rings. The van der Waals surface area contributed by atoms with Gasteiger partial charge in [-0.3, -0.25) is 4.79 Å². The fraction of sp³-hybridized carbons (Fsp3) is 0.632. The number of hydrogen-bond acceptors (Lipinski definition) is 3. The fourth-order valence-corrected chi connectivity index (χ4v) is 3.08. The van der Waals surface area contributed by atoms with Crippen molar-refractivity contribution in [3.8, 4) is 0 Å².